The van der Waals surface area contributed by atoms with Crippen molar-refractivity contribution in [2.45, 2.75) is 0 Å². The third-order valence-electron chi connectivity index (χ3n) is 0.447. The van der Waals surface area contributed by atoms with E-state index in [2.05, 4.69) is 0 Å². The van der Waals surface area contributed by atoms with Crippen molar-refractivity contribution in [2.75, 3.05) is 0 Å². The van der Waals surface area contributed by atoms with Crippen LogP contribution in [0.5, 0.6) is 0 Å². The minimum Gasteiger partial charge on any atom is -0.807 e. The Bertz CT molecular complexity index is 290. The van der Waals surface area contributed by atoms with Crippen LogP contribution in [-0.2, 0) is 9.13 Å². The molecule has 0 aliphatic carbocycles. The Kier molecular flexibility index (Phi) is 60.5. The molecule has 0 spiro atoms. The van der Waals surface area contributed by atoms with Gasteiger partial charge >= 0.3 is 177 Å². The van der Waals surface area contributed by atoms with Gasteiger partial charge in [0.1, 0.15) is 0 Å². The van der Waals surface area contributed by atoms with Crippen LogP contribution in [0.2, 0.25) is 0 Å². The summed E-state index contributed by atoms with van der Waals surface area (Å²) in [5.41, 5.74) is -5.12. The van der Waals surface area contributed by atoms with Gasteiger partial charge in [0.15, 0.2) is 0 Å². The molecule has 0 aliphatic heterocycles. The zero-order valence-corrected chi connectivity index (χ0v) is 25.8. The second-order valence-corrected chi connectivity index (χ2v) is 4.25. The second kappa shape index (κ2) is 24.2. The maximum absolute atomic E-state index is 9.14. The van der Waals surface area contributed by atoms with E-state index in [1.807, 2.05) is 0 Å². The normalized spacial score (nSPS) is 7.80. The van der Waals surface area contributed by atoms with Gasteiger partial charge in [0.2, 0.25) is 0 Å². The summed E-state index contributed by atoms with van der Waals surface area (Å²) in [6.45, 7) is 0. The molecule has 0 bridgehead atoms. The first-order valence-electron chi connectivity index (χ1n) is 2.36. The molecule has 0 aromatic rings. The molecular weight excluding hydrogens is 384 g/mol. The summed E-state index contributed by atoms with van der Waals surface area (Å²) in [6.07, 6.45) is 0. The zero-order valence-electron chi connectivity index (χ0n) is 12.0. The number of hydrogen-bond acceptors (Lipinski definition) is 10. The van der Waals surface area contributed by atoms with Crippen molar-refractivity contribution in [1.29, 1.82) is 0 Å². The molecule has 0 N–H and O–H groups in total. The number of rotatable bonds is 2. The second-order valence-electron chi connectivity index (χ2n) is 1.53. The maximum Gasteiger partial charge on any atom is 1.00 e. The van der Waals surface area contributed by atoms with Crippen LogP contribution in [-0.4, -0.2) is 11.4 Å². The summed E-state index contributed by atoms with van der Waals surface area (Å²) in [4.78, 5) is 54.6. The van der Waals surface area contributed by atoms with Crippen LogP contribution in [0.15, 0.2) is 0 Å². The molecule has 0 aliphatic rings. The van der Waals surface area contributed by atoms with Crippen molar-refractivity contribution in [3.05, 3.63) is 0 Å². The molecule has 0 fully saturated rings. The van der Waals surface area contributed by atoms with Crippen molar-refractivity contribution in [3.8, 4) is 0 Å². The fourth-order valence-electron chi connectivity index (χ4n) is 0. The predicted molar refractivity (Wildman–Crippen MR) is 26.0 cm³/mol. The van der Waals surface area contributed by atoms with Crippen LogP contribution in [0.1, 0.15) is 0 Å². The van der Waals surface area contributed by atoms with E-state index in [-0.39, 0.29) is 177 Å². The van der Waals surface area contributed by atoms with Gasteiger partial charge in [-0.05, 0) is 15.2 Å². The Morgan fingerprint density at radius 1 is 0.550 bits per heavy atom. The fourth-order valence-corrected chi connectivity index (χ4v) is 0. The number of carbonyl (C=O) groups excluding carboxylic acids is 2. The van der Waals surface area contributed by atoms with E-state index >= 15 is 0 Å². The van der Waals surface area contributed by atoms with E-state index in [1.54, 1.807) is 0 Å². The van der Waals surface area contributed by atoms with E-state index < -0.39 is 26.6 Å². The Morgan fingerprint density at radius 3 is 0.600 bits per heavy atom. The third kappa shape index (κ3) is 38.7. The van der Waals surface area contributed by atoms with Crippen molar-refractivity contribution < 1.29 is 226 Å². The Morgan fingerprint density at radius 2 is 0.600 bits per heavy atom. The molecular formula is C2Na6O10P2. The van der Waals surface area contributed by atoms with E-state index in [0.29, 0.717) is 0 Å². The van der Waals surface area contributed by atoms with Crippen LogP contribution in [0.3, 0.4) is 0 Å². The summed E-state index contributed by atoms with van der Waals surface area (Å²) < 4.78 is 18.3. The number of hydrogen-bond donors (Lipinski definition) is 0. The van der Waals surface area contributed by atoms with E-state index in [0.717, 1.165) is 0 Å². The number of carboxylic acid groups (broad SMARTS) is 2. The summed E-state index contributed by atoms with van der Waals surface area (Å²) in [5, 5.41) is 18.0. The van der Waals surface area contributed by atoms with Gasteiger partial charge in [0.05, 0.1) is 11.4 Å². The number of carbonyl (C=O) groups is 2. The van der Waals surface area contributed by atoms with Crippen molar-refractivity contribution in [3.63, 3.8) is 0 Å². The average Bonchev–Trinajstić information content (AvgIpc) is 1.83. The van der Waals surface area contributed by atoms with Crippen molar-refractivity contribution in [1.82, 2.24) is 0 Å². The Balaban J connectivity index is -0.0000000185. The molecule has 0 aromatic heterocycles. The Hall–Kier alpha value is 5.24. The van der Waals surface area contributed by atoms with Crippen LogP contribution < -0.4 is 207 Å². The summed E-state index contributed by atoms with van der Waals surface area (Å²) >= 11 is 0. The monoisotopic (exact) mass is 384 g/mol. The molecule has 0 amide bonds. The van der Waals surface area contributed by atoms with E-state index in [4.69, 9.17) is 48.5 Å². The summed E-state index contributed by atoms with van der Waals surface area (Å²) in [6, 6.07) is 0. The molecule has 0 aromatic carbocycles. The van der Waals surface area contributed by atoms with Gasteiger partial charge in [-0.25, -0.2) is 0 Å². The minimum atomic E-state index is -5.43. The molecule has 84 valence electrons. The van der Waals surface area contributed by atoms with Gasteiger partial charge in [-0.15, -0.1) is 0 Å². The summed E-state index contributed by atoms with van der Waals surface area (Å²) in [5.74, 6) is 0. The minimum absolute atomic E-state index is 0. The molecule has 0 unspecified atom stereocenters. The van der Waals surface area contributed by atoms with Gasteiger partial charge < -0.3 is 48.5 Å². The first-order valence-corrected chi connectivity index (χ1v) is 5.44. The van der Waals surface area contributed by atoms with E-state index in [9.17, 15) is 0 Å². The van der Waals surface area contributed by atoms with Gasteiger partial charge in [0.25, 0.3) is 0 Å². The first kappa shape index (κ1) is 49.9. The largest absolute Gasteiger partial charge is 1.00 e. The molecule has 0 radical (unpaired) electrons. The molecule has 20 heavy (non-hydrogen) atoms. The fraction of sp³-hybridized carbons (Fsp3) is 0. The van der Waals surface area contributed by atoms with Crippen LogP contribution >= 0.6 is 15.2 Å². The SMILES string of the molecule is O=C([O-])P(=O)([O-])[O-].O=C([O-])P(=O)([O-])[O-].[Na+].[Na+].[Na+].[Na+].[Na+].[Na+]. The topological polar surface area (TPSA) is 207 Å². The predicted octanol–water partition coefficient (Wildman–Crippen LogP) is -23.5. The molecule has 10 nitrogen and oxygen atoms in total. The molecule has 18 heteroatoms. The van der Waals surface area contributed by atoms with Gasteiger partial charge in [-0.3, -0.25) is 0 Å². The maximum atomic E-state index is 9.14. The van der Waals surface area contributed by atoms with Crippen molar-refractivity contribution in [2.24, 2.45) is 0 Å². The Labute approximate surface area is 247 Å². The molecule has 0 saturated heterocycles. The third-order valence-corrected chi connectivity index (χ3v) is 1.34. The average molecular weight is 384 g/mol. The van der Waals surface area contributed by atoms with Gasteiger partial charge in [0, 0.05) is 0 Å². The quantitative estimate of drug-likeness (QED) is 0.324. The van der Waals surface area contributed by atoms with Gasteiger partial charge in [-0.1, -0.05) is 0 Å². The van der Waals surface area contributed by atoms with Gasteiger partial charge in [-0.2, -0.15) is 0 Å². The zero-order chi connectivity index (χ0) is 12.2. The molecule has 0 heterocycles. The smallest absolute Gasteiger partial charge is 0.807 e. The van der Waals surface area contributed by atoms with Crippen molar-refractivity contribution >= 4 is 26.6 Å². The molecule has 0 saturated carbocycles. The molecule has 0 atom stereocenters. The first-order chi connectivity index (χ1) is 5.89. The van der Waals surface area contributed by atoms with E-state index in [1.165, 1.54) is 0 Å². The van der Waals surface area contributed by atoms with Crippen LogP contribution in [0.4, 0.5) is 9.59 Å². The standard InChI is InChI=1S/2CH3O5P.6Na/c2*2-1(3)7(4,5)6;;;;;;/h2*(H,2,3)(H2,4,5,6);;;;;;/q;;6*+1/p-6. The molecule has 0 rings (SSSR count). The summed E-state index contributed by atoms with van der Waals surface area (Å²) in [7, 11) is -10.9. The van der Waals surface area contributed by atoms with Crippen LogP contribution in [0, 0.1) is 0 Å². The van der Waals surface area contributed by atoms with Crippen LogP contribution in [0.25, 0.3) is 0 Å².